The van der Waals surface area contributed by atoms with E-state index in [9.17, 15) is 9.59 Å². The largest absolute Gasteiger partial charge is 0.479 e. The Morgan fingerprint density at radius 3 is 2.50 bits per heavy atom. The van der Waals surface area contributed by atoms with Crippen molar-refractivity contribution in [3.8, 4) is 5.75 Å². The fourth-order valence-electron chi connectivity index (χ4n) is 2.17. The molecule has 1 N–H and O–H groups in total. The molecule has 134 valence electrons. The van der Waals surface area contributed by atoms with Crippen molar-refractivity contribution < 1.29 is 19.1 Å². The molecule has 1 aromatic carbocycles. The molecule has 0 aliphatic carbocycles. The van der Waals surface area contributed by atoms with Crippen LogP contribution in [0.5, 0.6) is 5.75 Å². The lowest BCUT2D eigenvalue weighted by Gasteiger charge is -2.15. The van der Waals surface area contributed by atoms with Gasteiger partial charge in [0.05, 0.1) is 12.1 Å². The highest BCUT2D eigenvalue weighted by Gasteiger charge is 2.15. The molecule has 0 spiro atoms. The topological polar surface area (TPSA) is 64.6 Å². The molecular weight excluding hydrogens is 330 g/mol. The average Bonchev–Trinajstić information content (AvgIpc) is 2.58. The van der Waals surface area contributed by atoms with Gasteiger partial charge >= 0.3 is 5.97 Å². The fourth-order valence-corrected chi connectivity index (χ4v) is 2.35. The number of methoxy groups -OCH3 is 1. The molecule has 24 heavy (non-hydrogen) atoms. The van der Waals surface area contributed by atoms with Crippen LogP contribution in [0.1, 0.15) is 45.4 Å². The molecule has 0 radical (unpaired) electrons. The number of amides is 1. The summed E-state index contributed by atoms with van der Waals surface area (Å²) in [5, 5.41) is 3.35. The van der Waals surface area contributed by atoms with E-state index in [2.05, 4.69) is 10.1 Å². The van der Waals surface area contributed by atoms with Gasteiger partial charge in [-0.2, -0.15) is 0 Å². The van der Waals surface area contributed by atoms with Gasteiger partial charge in [0.15, 0.2) is 6.10 Å². The highest BCUT2D eigenvalue weighted by Crippen LogP contribution is 2.24. The number of para-hydroxylation sites is 1. The molecule has 1 amide bonds. The molecule has 0 fully saturated rings. The van der Waals surface area contributed by atoms with E-state index in [-0.39, 0.29) is 11.9 Å². The van der Waals surface area contributed by atoms with Crippen molar-refractivity contribution in [3.05, 3.63) is 29.3 Å². The third-order valence-electron chi connectivity index (χ3n) is 3.59. The van der Waals surface area contributed by atoms with Crippen LogP contribution in [-0.4, -0.2) is 31.6 Å². The van der Waals surface area contributed by atoms with Crippen LogP contribution in [0.4, 0.5) is 0 Å². The number of hydrogen-bond donors (Lipinski definition) is 1. The van der Waals surface area contributed by atoms with E-state index in [4.69, 9.17) is 16.3 Å². The van der Waals surface area contributed by atoms with Crippen molar-refractivity contribution in [2.75, 3.05) is 13.7 Å². The van der Waals surface area contributed by atoms with Crippen molar-refractivity contribution in [3.63, 3.8) is 0 Å². The van der Waals surface area contributed by atoms with Crippen molar-refractivity contribution in [2.45, 2.75) is 51.6 Å². The maximum absolute atomic E-state index is 12.0. The van der Waals surface area contributed by atoms with E-state index in [1.165, 1.54) is 7.11 Å². The van der Waals surface area contributed by atoms with E-state index < -0.39 is 6.10 Å². The van der Waals surface area contributed by atoms with Crippen LogP contribution in [0, 0.1) is 0 Å². The summed E-state index contributed by atoms with van der Waals surface area (Å²) in [5.41, 5.74) is 0. The number of carbonyl (C=O) groups excluding carboxylic acids is 2. The molecular formula is C18H26ClNO4. The number of rotatable bonds is 11. The summed E-state index contributed by atoms with van der Waals surface area (Å²) in [6.07, 6.45) is 4.69. The summed E-state index contributed by atoms with van der Waals surface area (Å²) in [7, 11) is 1.40. The van der Waals surface area contributed by atoms with Crippen molar-refractivity contribution in [1.82, 2.24) is 5.32 Å². The molecule has 0 heterocycles. The minimum atomic E-state index is -0.593. The summed E-state index contributed by atoms with van der Waals surface area (Å²) < 4.78 is 10.1. The number of unbranched alkanes of at least 4 members (excludes halogenated alkanes) is 4. The number of hydrogen-bond acceptors (Lipinski definition) is 4. The lowest BCUT2D eigenvalue weighted by molar-refractivity contribution is -0.140. The zero-order chi connectivity index (χ0) is 17.8. The zero-order valence-corrected chi connectivity index (χ0v) is 15.1. The summed E-state index contributed by atoms with van der Waals surface area (Å²) in [6.45, 7) is 2.32. The maximum Gasteiger partial charge on any atom is 0.305 e. The first-order valence-electron chi connectivity index (χ1n) is 8.30. The van der Waals surface area contributed by atoms with E-state index in [0.717, 1.165) is 32.1 Å². The summed E-state index contributed by atoms with van der Waals surface area (Å²) >= 11 is 6.00. The van der Waals surface area contributed by atoms with Gasteiger partial charge in [-0.15, -0.1) is 0 Å². The second-order valence-corrected chi connectivity index (χ2v) is 5.98. The molecule has 1 atom stereocenters. The average molecular weight is 356 g/mol. The molecule has 5 nitrogen and oxygen atoms in total. The predicted molar refractivity (Wildman–Crippen MR) is 94.3 cm³/mol. The summed E-state index contributed by atoms with van der Waals surface area (Å²) in [5.74, 6) is 0.197. The van der Waals surface area contributed by atoms with Crippen molar-refractivity contribution in [2.24, 2.45) is 0 Å². The van der Waals surface area contributed by atoms with Crippen molar-refractivity contribution >= 4 is 23.5 Å². The quantitative estimate of drug-likeness (QED) is 0.485. The lowest BCUT2D eigenvalue weighted by Crippen LogP contribution is -2.36. The van der Waals surface area contributed by atoms with Crippen LogP contribution >= 0.6 is 11.6 Å². The smallest absolute Gasteiger partial charge is 0.305 e. The van der Waals surface area contributed by atoms with Gasteiger partial charge in [0, 0.05) is 13.0 Å². The monoisotopic (exact) mass is 355 g/mol. The summed E-state index contributed by atoms with van der Waals surface area (Å²) in [4.78, 5) is 22.9. The minimum Gasteiger partial charge on any atom is -0.479 e. The number of halogens is 1. The predicted octanol–water partition coefficient (Wildman–Crippen LogP) is 3.74. The number of carbonyl (C=O) groups is 2. The van der Waals surface area contributed by atoms with Gasteiger partial charge in [-0.1, -0.05) is 43.0 Å². The Morgan fingerprint density at radius 2 is 1.79 bits per heavy atom. The van der Waals surface area contributed by atoms with Crippen LogP contribution in [0.15, 0.2) is 24.3 Å². The first kappa shape index (κ1) is 20.3. The SMILES string of the molecule is COC(=O)CCCCCCCNC(=O)[C@@H](C)Oc1ccccc1Cl. The molecule has 0 aliphatic rings. The number of nitrogens with one attached hydrogen (secondary N) is 1. The minimum absolute atomic E-state index is 0.152. The van der Waals surface area contributed by atoms with Crippen LogP contribution < -0.4 is 10.1 Å². The van der Waals surface area contributed by atoms with Crippen molar-refractivity contribution in [1.29, 1.82) is 0 Å². The number of ether oxygens (including phenoxy) is 2. The van der Waals surface area contributed by atoms with Gasteiger partial charge in [-0.3, -0.25) is 9.59 Å². The number of esters is 1. The Bertz CT molecular complexity index is 521. The first-order valence-corrected chi connectivity index (χ1v) is 8.68. The number of benzene rings is 1. The lowest BCUT2D eigenvalue weighted by atomic mass is 10.1. The highest BCUT2D eigenvalue weighted by molar-refractivity contribution is 6.32. The third kappa shape index (κ3) is 8.20. The Morgan fingerprint density at radius 1 is 1.12 bits per heavy atom. The van der Waals surface area contributed by atoms with Crippen LogP contribution in [0.25, 0.3) is 0 Å². The molecule has 0 aromatic heterocycles. The van der Waals surface area contributed by atoms with E-state index in [1.54, 1.807) is 19.1 Å². The molecule has 0 unspecified atom stereocenters. The molecule has 1 rings (SSSR count). The van der Waals surface area contributed by atoms with Gasteiger partial charge in [0.2, 0.25) is 0 Å². The zero-order valence-electron chi connectivity index (χ0n) is 14.3. The summed E-state index contributed by atoms with van der Waals surface area (Å²) in [6, 6.07) is 7.08. The highest BCUT2D eigenvalue weighted by atomic mass is 35.5. The van der Waals surface area contributed by atoms with Crippen LogP contribution in [-0.2, 0) is 14.3 Å². The standard InChI is InChI=1S/C18H26ClNO4/c1-14(24-16-11-8-7-10-15(16)19)18(22)20-13-9-5-3-4-6-12-17(21)23-2/h7-8,10-11,14H,3-6,9,12-13H2,1-2H3,(H,20,22)/t14-/m1/s1. The van der Waals surface area contributed by atoms with Gasteiger partial charge in [0.1, 0.15) is 5.75 Å². The van der Waals surface area contributed by atoms with Crippen LogP contribution in [0.3, 0.4) is 0 Å². The van der Waals surface area contributed by atoms with Gasteiger partial charge in [0.25, 0.3) is 5.91 Å². The molecule has 0 saturated carbocycles. The second kappa shape index (κ2) is 11.7. The van der Waals surface area contributed by atoms with Gasteiger partial charge < -0.3 is 14.8 Å². The third-order valence-corrected chi connectivity index (χ3v) is 3.91. The Kier molecular flexibility index (Phi) is 9.92. The van der Waals surface area contributed by atoms with E-state index in [1.807, 2.05) is 12.1 Å². The fraction of sp³-hybridized carbons (Fsp3) is 0.556. The molecule has 6 heteroatoms. The van der Waals surface area contributed by atoms with E-state index in [0.29, 0.717) is 23.7 Å². The normalized spacial score (nSPS) is 11.6. The van der Waals surface area contributed by atoms with Crippen LogP contribution in [0.2, 0.25) is 5.02 Å². The Balaban J connectivity index is 2.09. The molecule has 0 bridgehead atoms. The first-order chi connectivity index (χ1) is 11.5. The molecule has 0 saturated heterocycles. The van der Waals surface area contributed by atoms with E-state index >= 15 is 0 Å². The molecule has 0 aliphatic heterocycles. The second-order valence-electron chi connectivity index (χ2n) is 5.58. The Hall–Kier alpha value is -1.75. The Labute approximate surface area is 148 Å². The van der Waals surface area contributed by atoms with Gasteiger partial charge in [-0.25, -0.2) is 0 Å². The maximum atomic E-state index is 12.0. The van der Waals surface area contributed by atoms with Gasteiger partial charge in [-0.05, 0) is 31.9 Å². The molecule has 1 aromatic rings.